The van der Waals surface area contributed by atoms with Crippen LogP contribution in [0, 0.1) is 6.92 Å². The normalized spacial score (nSPS) is 16.7. The van der Waals surface area contributed by atoms with Crippen molar-refractivity contribution in [1.82, 2.24) is 20.4 Å². The minimum Gasteiger partial charge on any atom is -0.361 e. The molecule has 26 heavy (non-hydrogen) atoms. The summed E-state index contributed by atoms with van der Waals surface area (Å²) in [6, 6.07) is 12.0. The molecule has 1 aliphatic heterocycles. The van der Waals surface area contributed by atoms with Gasteiger partial charge in [0.2, 0.25) is 5.95 Å². The number of aryl methyl sites for hydroxylation is 1. The molecule has 1 N–H and O–H groups in total. The number of nitrogens with one attached hydrogen (secondary N) is 1. The average molecular weight is 349 g/mol. The number of aromatic nitrogens is 3. The molecule has 0 saturated carbocycles. The molecule has 0 radical (unpaired) electrons. The Bertz CT molecular complexity index is 909. The summed E-state index contributed by atoms with van der Waals surface area (Å²) in [5.74, 6) is 1.05. The quantitative estimate of drug-likeness (QED) is 0.779. The summed E-state index contributed by atoms with van der Waals surface area (Å²) in [7, 11) is 0. The van der Waals surface area contributed by atoms with Gasteiger partial charge in [0.25, 0.3) is 5.91 Å². The third-order valence-corrected chi connectivity index (χ3v) is 4.51. The molecule has 132 valence electrons. The van der Waals surface area contributed by atoms with E-state index in [9.17, 15) is 4.79 Å². The lowest BCUT2D eigenvalue weighted by atomic mass is 10.1. The minimum absolute atomic E-state index is 0.0424. The summed E-state index contributed by atoms with van der Waals surface area (Å²) < 4.78 is 4.95. The Morgan fingerprint density at radius 2 is 2.12 bits per heavy atom. The van der Waals surface area contributed by atoms with Crippen molar-refractivity contribution in [3.05, 3.63) is 60.1 Å². The van der Waals surface area contributed by atoms with Gasteiger partial charge in [-0.15, -0.1) is 0 Å². The summed E-state index contributed by atoms with van der Waals surface area (Å²) in [5.41, 5.74) is 2.43. The molecule has 1 saturated heterocycles. The highest BCUT2D eigenvalue weighted by Gasteiger charge is 2.27. The maximum absolute atomic E-state index is 12.3. The van der Waals surface area contributed by atoms with Crippen LogP contribution in [-0.2, 0) is 0 Å². The van der Waals surface area contributed by atoms with E-state index in [0.29, 0.717) is 23.8 Å². The predicted molar refractivity (Wildman–Crippen MR) is 96.8 cm³/mol. The fourth-order valence-corrected chi connectivity index (χ4v) is 3.11. The smallest absolute Gasteiger partial charge is 0.256 e. The van der Waals surface area contributed by atoms with Gasteiger partial charge in [-0.3, -0.25) is 4.79 Å². The van der Waals surface area contributed by atoms with Gasteiger partial charge < -0.3 is 14.7 Å². The maximum Gasteiger partial charge on any atom is 0.256 e. The van der Waals surface area contributed by atoms with Crippen molar-refractivity contribution >= 4 is 11.9 Å². The first-order chi connectivity index (χ1) is 12.7. The first-order valence-electron chi connectivity index (χ1n) is 8.56. The molecule has 1 aromatic carbocycles. The van der Waals surface area contributed by atoms with Crippen LogP contribution in [0.3, 0.4) is 0 Å². The molecular weight excluding hydrogens is 330 g/mol. The van der Waals surface area contributed by atoms with Gasteiger partial charge in [0, 0.05) is 30.9 Å². The standard InChI is InChI=1S/C19H19N5O2/c1-13-16(11-21-26-13)18(25)22-15-8-10-24(12-15)19-20-9-7-17(23-19)14-5-3-2-4-6-14/h2-7,9,11,15H,8,10,12H2,1H3,(H,22,25). The number of rotatable bonds is 4. The second-order valence-corrected chi connectivity index (χ2v) is 6.31. The molecule has 1 amide bonds. The first kappa shape index (κ1) is 16.3. The van der Waals surface area contributed by atoms with Crippen molar-refractivity contribution in [3.63, 3.8) is 0 Å². The Morgan fingerprint density at radius 3 is 2.88 bits per heavy atom. The Kier molecular flexibility index (Phi) is 4.35. The fraction of sp³-hybridized carbons (Fsp3) is 0.263. The number of benzene rings is 1. The van der Waals surface area contributed by atoms with Crippen LogP contribution < -0.4 is 10.2 Å². The molecule has 2 aromatic heterocycles. The summed E-state index contributed by atoms with van der Waals surface area (Å²) in [5, 5.41) is 6.68. The van der Waals surface area contributed by atoms with Gasteiger partial charge >= 0.3 is 0 Å². The highest BCUT2D eigenvalue weighted by Crippen LogP contribution is 2.21. The highest BCUT2D eigenvalue weighted by molar-refractivity contribution is 5.95. The largest absolute Gasteiger partial charge is 0.361 e. The van der Waals surface area contributed by atoms with Crippen molar-refractivity contribution in [3.8, 4) is 11.3 Å². The zero-order chi connectivity index (χ0) is 17.9. The van der Waals surface area contributed by atoms with E-state index in [1.54, 1.807) is 13.1 Å². The van der Waals surface area contributed by atoms with E-state index in [0.717, 1.165) is 24.2 Å². The maximum atomic E-state index is 12.3. The zero-order valence-electron chi connectivity index (χ0n) is 14.4. The third-order valence-electron chi connectivity index (χ3n) is 4.51. The number of carbonyl (C=O) groups is 1. The molecule has 7 heteroatoms. The second kappa shape index (κ2) is 6.95. The molecule has 1 atom stereocenters. The molecule has 1 aliphatic rings. The lowest BCUT2D eigenvalue weighted by Gasteiger charge is -2.17. The van der Waals surface area contributed by atoms with Crippen molar-refractivity contribution in [2.45, 2.75) is 19.4 Å². The van der Waals surface area contributed by atoms with Crippen molar-refractivity contribution in [2.75, 3.05) is 18.0 Å². The predicted octanol–water partition coefficient (Wildman–Crippen LogP) is 2.45. The number of hydrogen-bond acceptors (Lipinski definition) is 6. The topological polar surface area (TPSA) is 84.2 Å². The average Bonchev–Trinajstić information content (AvgIpc) is 3.31. The Morgan fingerprint density at radius 1 is 1.27 bits per heavy atom. The van der Waals surface area contributed by atoms with Crippen LogP contribution in [0.4, 0.5) is 5.95 Å². The van der Waals surface area contributed by atoms with E-state index in [4.69, 9.17) is 4.52 Å². The van der Waals surface area contributed by atoms with Crippen LogP contribution >= 0.6 is 0 Å². The molecule has 1 fully saturated rings. The molecular formula is C19H19N5O2. The SMILES string of the molecule is Cc1oncc1C(=O)NC1CCN(c2nccc(-c3ccccc3)n2)C1. The summed E-state index contributed by atoms with van der Waals surface area (Å²) >= 11 is 0. The van der Waals surface area contributed by atoms with E-state index in [-0.39, 0.29) is 11.9 Å². The molecule has 3 aromatic rings. The van der Waals surface area contributed by atoms with Crippen molar-refractivity contribution < 1.29 is 9.32 Å². The summed E-state index contributed by atoms with van der Waals surface area (Å²) in [6.07, 6.45) is 4.07. The van der Waals surface area contributed by atoms with Crippen LogP contribution in [0.1, 0.15) is 22.5 Å². The second-order valence-electron chi connectivity index (χ2n) is 6.31. The van der Waals surface area contributed by atoms with Crippen LogP contribution in [0.25, 0.3) is 11.3 Å². The lowest BCUT2D eigenvalue weighted by molar-refractivity contribution is 0.0939. The van der Waals surface area contributed by atoms with Crippen LogP contribution in [-0.4, -0.2) is 40.2 Å². The molecule has 0 aliphatic carbocycles. The van der Waals surface area contributed by atoms with Crippen molar-refractivity contribution in [2.24, 2.45) is 0 Å². The van der Waals surface area contributed by atoms with E-state index >= 15 is 0 Å². The highest BCUT2D eigenvalue weighted by atomic mass is 16.5. The van der Waals surface area contributed by atoms with Gasteiger partial charge in [0.15, 0.2) is 0 Å². The van der Waals surface area contributed by atoms with Crippen LogP contribution in [0.15, 0.2) is 53.3 Å². The minimum atomic E-state index is -0.158. The zero-order valence-corrected chi connectivity index (χ0v) is 14.4. The third kappa shape index (κ3) is 3.28. The number of hydrogen-bond donors (Lipinski definition) is 1. The summed E-state index contributed by atoms with van der Waals surface area (Å²) in [4.78, 5) is 23.5. The van der Waals surface area contributed by atoms with E-state index in [1.165, 1.54) is 6.20 Å². The Balaban J connectivity index is 1.44. The molecule has 0 bridgehead atoms. The molecule has 4 rings (SSSR count). The van der Waals surface area contributed by atoms with Gasteiger partial charge in [-0.1, -0.05) is 35.5 Å². The number of amides is 1. The van der Waals surface area contributed by atoms with E-state index < -0.39 is 0 Å². The van der Waals surface area contributed by atoms with Crippen LogP contribution in [0.2, 0.25) is 0 Å². The van der Waals surface area contributed by atoms with E-state index in [2.05, 4.69) is 25.3 Å². The van der Waals surface area contributed by atoms with Gasteiger partial charge in [0.05, 0.1) is 11.9 Å². The molecule has 7 nitrogen and oxygen atoms in total. The monoisotopic (exact) mass is 349 g/mol. The van der Waals surface area contributed by atoms with Crippen LogP contribution in [0.5, 0.6) is 0 Å². The van der Waals surface area contributed by atoms with Gasteiger partial charge in [0.1, 0.15) is 11.3 Å². The lowest BCUT2D eigenvalue weighted by Crippen LogP contribution is -2.37. The first-order valence-corrected chi connectivity index (χ1v) is 8.56. The number of nitrogens with zero attached hydrogens (tertiary/aromatic N) is 4. The van der Waals surface area contributed by atoms with E-state index in [1.807, 2.05) is 36.4 Å². The Labute approximate surface area is 151 Å². The van der Waals surface area contributed by atoms with Gasteiger partial charge in [-0.05, 0) is 19.4 Å². The Hall–Kier alpha value is -3.22. The van der Waals surface area contributed by atoms with Crippen molar-refractivity contribution in [1.29, 1.82) is 0 Å². The van der Waals surface area contributed by atoms with Gasteiger partial charge in [-0.2, -0.15) is 0 Å². The van der Waals surface area contributed by atoms with Gasteiger partial charge in [-0.25, -0.2) is 9.97 Å². The fourth-order valence-electron chi connectivity index (χ4n) is 3.11. The molecule has 3 heterocycles. The number of anilines is 1. The summed E-state index contributed by atoms with van der Waals surface area (Å²) in [6.45, 7) is 3.20. The molecule has 1 unspecified atom stereocenters. The molecule has 0 spiro atoms. The number of carbonyl (C=O) groups excluding carboxylic acids is 1.